The second kappa shape index (κ2) is 8.33. The number of fused-ring (bicyclic) bond motifs is 1. The Balaban J connectivity index is 2.07. The first-order valence-corrected chi connectivity index (χ1v) is 9.48. The summed E-state index contributed by atoms with van der Waals surface area (Å²) in [6.07, 6.45) is 0.880. The summed E-state index contributed by atoms with van der Waals surface area (Å²) in [4.78, 5) is 18.9. The molecular formula is C19H22Cl2N4O2. The van der Waals surface area contributed by atoms with Crippen LogP contribution in [0.15, 0.2) is 24.3 Å². The first-order valence-electron chi connectivity index (χ1n) is 8.72. The van der Waals surface area contributed by atoms with E-state index in [0.717, 1.165) is 17.8 Å². The maximum absolute atomic E-state index is 12.4. The Morgan fingerprint density at radius 3 is 2.81 bits per heavy atom. The highest BCUT2D eigenvalue weighted by molar-refractivity contribution is 6.36. The minimum absolute atomic E-state index is 0.118. The van der Waals surface area contributed by atoms with Crippen LogP contribution in [0.3, 0.4) is 0 Å². The Labute approximate surface area is 168 Å². The first-order chi connectivity index (χ1) is 12.9. The minimum atomic E-state index is -0.137. The minimum Gasteiger partial charge on any atom is -0.383 e. The van der Waals surface area contributed by atoms with Gasteiger partial charge in [-0.25, -0.2) is 4.98 Å². The van der Waals surface area contributed by atoms with Gasteiger partial charge in [0.1, 0.15) is 12.2 Å². The van der Waals surface area contributed by atoms with E-state index in [1.807, 2.05) is 17.9 Å². The van der Waals surface area contributed by atoms with Crippen molar-refractivity contribution in [2.24, 2.45) is 0 Å². The quantitative estimate of drug-likeness (QED) is 0.729. The van der Waals surface area contributed by atoms with Crippen molar-refractivity contribution in [3.8, 4) is 0 Å². The number of anilines is 4. The van der Waals surface area contributed by atoms with Gasteiger partial charge in [0.25, 0.3) is 0 Å². The van der Waals surface area contributed by atoms with Crippen LogP contribution in [-0.4, -0.2) is 37.2 Å². The molecule has 1 aromatic carbocycles. The molecule has 8 heteroatoms. The second-order valence-electron chi connectivity index (χ2n) is 6.44. The third-order valence-electron chi connectivity index (χ3n) is 4.37. The zero-order valence-electron chi connectivity index (χ0n) is 15.5. The lowest BCUT2D eigenvalue weighted by Gasteiger charge is -2.32. The predicted octanol–water partition coefficient (Wildman–Crippen LogP) is 4.62. The SMILES string of the molecule is CCC(COC)Nc1cc(C)nc2c1NC(=O)CN2c1ccc(Cl)cc1Cl. The molecule has 0 spiro atoms. The number of halogens is 2. The monoisotopic (exact) mass is 408 g/mol. The Kier molecular flexibility index (Phi) is 6.09. The van der Waals surface area contributed by atoms with Gasteiger partial charge in [-0.1, -0.05) is 30.1 Å². The molecule has 144 valence electrons. The fourth-order valence-corrected chi connectivity index (χ4v) is 3.58. The molecule has 1 amide bonds. The average molecular weight is 409 g/mol. The molecule has 1 unspecified atom stereocenters. The Morgan fingerprint density at radius 2 is 2.15 bits per heavy atom. The Hall–Kier alpha value is -2.02. The number of nitrogens with zero attached hydrogens (tertiary/aromatic N) is 2. The topological polar surface area (TPSA) is 66.5 Å². The number of pyridine rings is 1. The summed E-state index contributed by atoms with van der Waals surface area (Å²) in [5.41, 5.74) is 2.96. The molecule has 1 aliphatic rings. The summed E-state index contributed by atoms with van der Waals surface area (Å²) < 4.78 is 5.27. The molecule has 6 nitrogen and oxygen atoms in total. The fourth-order valence-electron chi connectivity index (χ4n) is 3.07. The molecule has 1 aliphatic heterocycles. The molecule has 0 bridgehead atoms. The number of ether oxygens (including phenoxy) is 1. The van der Waals surface area contributed by atoms with E-state index in [2.05, 4.69) is 22.5 Å². The summed E-state index contributed by atoms with van der Waals surface area (Å²) in [5, 5.41) is 7.40. The van der Waals surface area contributed by atoms with Crippen molar-refractivity contribution in [1.29, 1.82) is 0 Å². The first kappa shape index (κ1) is 19.7. The van der Waals surface area contributed by atoms with Crippen molar-refractivity contribution in [3.05, 3.63) is 40.0 Å². The van der Waals surface area contributed by atoms with Crippen LogP contribution < -0.4 is 15.5 Å². The van der Waals surface area contributed by atoms with Crippen LogP contribution in [0.4, 0.5) is 22.9 Å². The van der Waals surface area contributed by atoms with Crippen LogP contribution in [0.25, 0.3) is 0 Å². The van der Waals surface area contributed by atoms with Gasteiger partial charge < -0.3 is 20.3 Å². The summed E-state index contributed by atoms with van der Waals surface area (Å²) in [7, 11) is 1.67. The fraction of sp³-hybridized carbons (Fsp3) is 0.368. The molecule has 27 heavy (non-hydrogen) atoms. The van der Waals surface area contributed by atoms with E-state index in [0.29, 0.717) is 33.8 Å². The van der Waals surface area contributed by atoms with E-state index in [9.17, 15) is 4.79 Å². The molecule has 0 aliphatic carbocycles. The number of benzene rings is 1. The van der Waals surface area contributed by atoms with E-state index in [-0.39, 0.29) is 18.5 Å². The van der Waals surface area contributed by atoms with Gasteiger partial charge in [-0.3, -0.25) is 4.79 Å². The van der Waals surface area contributed by atoms with E-state index >= 15 is 0 Å². The van der Waals surface area contributed by atoms with Gasteiger partial charge in [0.05, 0.1) is 23.0 Å². The maximum Gasteiger partial charge on any atom is 0.244 e. The van der Waals surface area contributed by atoms with Crippen LogP contribution in [0.1, 0.15) is 19.0 Å². The molecule has 0 saturated carbocycles. The smallest absolute Gasteiger partial charge is 0.244 e. The predicted molar refractivity (Wildman–Crippen MR) is 111 cm³/mol. The number of hydrogen-bond donors (Lipinski definition) is 2. The second-order valence-corrected chi connectivity index (χ2v) is 7.29. The molecule has 1 atom stereocenters. The van der Waals surface area contributed by atoms with E-state index < -0.39 is 0 Å². The lowest BCUT2D eigenvalue weighted by Crippen LogP contribution is -2.37. The van der Waals surface area contributed by atoms with Gasteiger partial charge in [0.15, 0.2) is 5.82 Å². The Morgan fingerprint density at radius 1 is 1.37 bits per heavy atom. The molecule has 1 aromatic heterocycles. The normalized spacial score (nSPS) is 14.6. The van der Waals surface area contributed by atoms with Crippen LogP contribution in [0.2, 0.25) is 10.0 Å². The van der Waals surface area contributed by atoms with E-state index in [1.165, 1.54) is 0 Å². The van der Waals surface area contributed by atoms with Gasteiger partial charge in [0.2, 0.25) is 5.91 Å². The van der Waals surface area contributed by atoms with Crippen molar-refractivity contribution in [3.63, 3.8) is 0 Å². The third kappa shape index (κ3) is 4.29. The molecule has 2 heterocycles. The number of hydrogen-bond acceptors (Lipinski definition) is 5. The molecule has 3 rings (SSSR count). The largest absolute Gasteiger partial charge is 0.383 e. The van der Waals surface area contributed by atoms with Gasteiger partial charge in [0, 0.05) is 23.9 Å². The van der Waals surface area contributed by atoms with Gasteiger partial charge in [-0.05, 0) is 37.6 Å². The molecular weight excluding hydrogens is 387 g/mol. The maximum atomic E-state index is 12.4. The number of aromatic nitrogens is 1. The molecule has 0 saturated heterocycles. The van der Waals surface area contributed by atoms with Crippen LogP contribution in [-0.2, 0) is 9.53 Å². The van der Waals surface area contributed by atoms with Crippen LogP contribution in [0.5, 0.6) is 0 Å². The zero-order valence-corrected chi connectivity index (χ0v) is 17.0. The molecule has 2 N–H and O–H groups in total. The number of aryl methyl sites for hydroxylation is 1. The number of rotatable bonds is 6. The number of amides is 1. The van der Waals surface area contributed by atoms with E-state index in [4.69, 9.17) is 27.9 Å². The molecule has 2 aromatic rings. The van der Waals surface area contributed by atoms with Crippen molar-refractivity contribution in [2.75, 3.05) is 35.8 Å². The van der Waals surface area contributed by atoms with Crippen molar-refractivity contribution >= 4 is 52.0 Å². The van der Waals surface area contributed by atoms with Crippen molar-refractivity contribution < 1.29 is 9.53 Å². The molecule has 0 radical (unpaired) electrons. The van der Waals surface area contributed by atoms with Gasteiger partial charge in [-0.2, -0.15) is 0 Å². The lowest BCUT2D eigenvalue weighted by atomic mass is 10.1. The average Bonchev–Trinajstić information content (AvgIpc) is 2.61. The third-order valence-corrected chi connectivity index (χ3v) is 4.91. The summed E-state index contributed by atoms with van der Waals surface area (Å²) in [6.45, 7) is 4.68. The van der Waals surface area contributed by atoms with Crippen LogP contribution in [0, 0.1) is 6.92 Å². The van der Waals surface area contributed by atoms with E-state index in [1.54, 1.807) is 25.3 Å². The summed E-state index contributed by atoms with van der Waals surface area (Å²) in [6, 6.07) is 7.24. The lowest BCUT2D eigenvalue weighted by molar-refractivity contribution is -0.115. The highest BCUT2D eigenvalue weighted by Crippen LogP contribution is 2.41. The highest BCUT2D eigenvalue weighted by Gasteiger charge is 2.29. The van der Waals surface area contributed by atoms with Crippen LogP contribution >= 0.6 is 23.2 Å². The van der Waals surface area contributed by atoms with Crippen molar-refractivity contribution in [1.82, 2.24) is 4.98 Å². The van der Waals surface area contributed by atoms with Gasteiger partial charge >= 0.3 is 0 Å². The van der Waals surface area contributed by atoms with Gasteiger partial charge in [-0.15, -0.1) is 0 Å². The highest BCUT2D eigenvalue weighted by atomic mass is 35.5. The summed E-state index contributed by atoms with van der Waals surface area (Å²) in [5.74, 6) is 0.510. The number of carbonyl (C=O) groups is 1. The number of nitrogens with one attached hydrogen (secondary N) is 2. The summed E-state index contributed by atoms with van der Waals surface area (Å²) >= 11 is 12.4. The molecule has 0 fully saturated rings. The number of carbonyl (C=O) groups excluding carboxylic acids is 1. The van der Waals surface area contributed by atoms with Crippen molar-refractivity contribution in [2.45, 2.75) is 26.3 Å². The zero-order chi connectivity index (χ0) is 19.6. The number of methoxy groups -OCH3 is 1. The standard InChI is InChI=1S/C19H22Cl2N4O2/c1-4-13(10-27-3)23-15-7-11(2)22-19-18(15)24-17(26)9-25(19)16-6-5-12(20)8-14(16)21/h5-8,13H,4,9-10H2,1-3H3,(H,22,23)(H,24,26). The Bertz CT molecular complexity index is 860.